The van der Waals surface area contributed by atoms with Gasteiger partial charge in [-0.1, -0.05) is 24.3 Å². The Hall–Kier alpha value is -2.04. The minimum absolute atomic E-state index is 0.181. The van der Waals surface area contributed by atoms with Crippen LogP contribution in [0.1, 0.15) is 18.4 Å². The number of para-hydroxylation sites is 2. The molecule has 128 valence electrons. The number of nitrogens with one attached hydrogen (secondary N) is 1. The monoisotopic (exact) mass is 326 g/mol. The number of piperidine rings is 1. The minimum atomic E-state index is 0.181. The van der Waals surface area contributed by atoms with Gasteiger partial charge in [-0.3, -0.25) is 0 Å². The van der Waals surface area contributed by atoms with Crippen molar-refractivity contribution in [1.29, 1.82) is 0 Å². The molecule has 1 aliphatic rings. The predicted octanol–water partition coefficient (Wildman–Crippen LogP) is 3.44. The number of aliphatic hydroxyl groups is 1. The van der Waals surface area contributed by atoms with Crippen LogP contribution in [0.4, 0.5) is 11.4 Å². The van der Waals surface area contributed by atoms with E-state index in [1.807, 2.05) is 48.5 Å². The molecule has 2 N–H and O–H groups in total. The molecule has 4 heteroatoms. The summed E-state index contributed by atoms with van der Waals surface area (Å²) < 4.78 is 6.25. The summed E-state index contributed by atoms with van der Waals surface area (Å²) >= 11 is 0. The summed E-state index contributed by atoms with van der Waals surface area (Å²) in [5.41, 5.74) is 3.15. The molecule has 1 saturated heterocycles. The third-order valence-electron chi connectivity index (χ3n) is 4.48. The number of anilines is 2. The highest BCUT2D eigenvalue weighted by atomic mass is 16.5. The average molecular weight is 326 g/mol. The standard InChI is InChI=1S/C20H26N2O2/c1-22-13-10-18(11-14-22)24-20-5-3-2-4-19(20)21-17-8-6-16(7-9-17)12-15-23/h2-9,18,21,23H,10-15H2,1H3. The molecule has 0 amide bonds. The maximum Gasteiger partial charge on any atom is 0.143 e. The minimum Gasteiger partial charge on any atom is -0.488 e. The zero-order chi connectivity index (χ0) is 16.8. The Labute approximate surface area is 144 Å². The van der Waals surface area contributed by atoms with E-state index >= 15 is 0 Å². The third-order valence-corrected chi connectivity index (χ3v) is 4.48. The van der Waals surface area contributed by atoms with Gasteiger partial charge in [-0.15, -0.1) is 0 Å². The van der Waals surface area contributed by atoms with Crippen molar-refractivity contribution >= 4 is 11.4 Å². The molecule has 1 aliphatic heterocycles. The molecule has 0 saturated carbocycles. The lowest BCUT2D eigenvalue weighted by molar-refractivity contribution is 0.115. The van der Waals surface area contributed by atoms with Crippen molar-refractivity contribution in [2.75, 3.05) is 32.1 Å². The van der Waals surface area contributed by atoms with Crippen LogP contribution in [0.2, 0.25) is 0 Å². The molecule has 0 atom stereocenters. The largest absolute Gasteiger partial charge is 0.488 e. The summed E-state index contributed by atoms with van der Waals surface area (Å²) in [6.07, 6.45) is 3.12. The second-order valence-electron chi connectivity index (χ2n) is 6.41. The normalized spacial score (nSPS) is 16.1. The first kappa shape index (κ1) is 16.8. The van der Waals surface area contributed by atoms with Crippen molar-refractivity contribution in [2.45, 2.75) is 25.4 Å². The highest BCUT2D eigenvalue weighted by molar-refractivity contribution is 5.66. The SMILES string of the molecule is CN1CCC(Oc2ccccc2Nc2ccc(CCO)cc2)CC1. The van der Waals surface area contributed by atoms with Crippen LogP contribution in [0.5, 0.6) is 5.75 Å². The van der Waals surface area contributed by atoms with Crippen molar-refractivity contribution < 1.29 is 9.84 Å². The van der Waals surface area contributed by atoms with Gasteiger partial charge in [0.1, 0.15) is 11.9 Å². The van der Waals surface area contributed by atoms with Gasteiger partial charge < -0.3 is 20.1 Å². The lowest BCUT2D eigenvalue weighted by Gasteiger charge is -2.30. The van der Waals surface area contributed by atoms with Crippen LogP contribution in [0, 0.1) is 0 Å². The van der Waals surface area contributed by atoms with Gasteiger partial charge in [0.15, 0.2) is 0 Å². The first-order valence-electron chi connectivity index (χ1n) is 8.65. The fraction of sp³-hybridized carbons (Fsp3) is 0.400. The highest BCUT2D eigenvalue weighted by Gasteiger charge is 2.19. The molecule has 24 heavy (non-hydrogen) atoms. The first-order valence-corrected chi connectivity index (χ1v) is 8.65. The van der Waals surface area contributed by atoms with E-state index in [9.17, 15) is 0 Å². The van der Waals surface area contributed by atoms with E-state index in [0.29, 0.717) is 6.42 Å². The molecule has 0 aliphatic carbocycles. The van der Waals surface area contributed by atoms with Crippen LogP contribution < -0.4 is 10.1 Å². The third kappa shape index (κ3) is 4.49. The van der Waals surface area contributed by atoms with Gasteiger partial charge in [0, 0.05) is 25.4 Å². The topological polar surface area (TPSA) is 44.7 Å². The lowest BCUT2D eigenvalue weighted by Crippen LogP contribution is -2.35. The molecule has 3 rings (SSSR count). The van der Waals surface area contributed by atoms with Crippen molar-refractivity contribution in [1.82, 2.24) is 4.90 Å². The zero-order valence-electron chi connectivity index (χ0n) is 14.2. The molecule has 0 unspecified atom stereocenters. The van der Waals surface area contributed by atoms with Crippen LogP contribution in [0.3, 0.4) is 0 Å². The van der Waals surface area contributed by atoms with E-state index in [1.54, 1.807) is 0 Å². The van der Waals surface area contributed by atoms with Crippen molar-refractivity contribution in [3.63, 3.8) is 0 Å². The van der Waals surface area contributed by atoms with E-state index in [4.69, 9.17) is 9.84 Å². The summed E-state index contributed by atoms with van der Waals surface area (Å²) in [6, 6.07) is 16.3. The number of hydrogen-bond donors (Lipinski definition) is 2. The Kier molecular flexibility index (Phi) is 5.72. The van der Waals surface area contributed by atoms with Gasteiger partial charge >= 0.3 is 0 Å². The lowest BCUT2D eigenvalue weighted by atomic mass is 10.1. The summed E-state index contributed by atoms with van der Waals surface area (Å²) in [6.45, 7) is 2.36. The van der Waals surface area contributed by atoms with Crippen molar-refractivity contribution in [2.24, 2.45) is 0 Å². The molecule has 0 spiro atoms. The summed E-state index contributed by atoms with van der Waals surface area (Å²) in [5.74, 6) is 0.909. The van der Waals surface area contributed by atoms with Gasteiger partial charge in [-0.2, -0.15) is 0 Å². The quantitative estimate of drug-likeness (QED) is 0.853. The summed E-state index contributed by atoms with van der Waals surface area (Å²) in [7, 11) is 2.16. The highest BCUT2D eigenvalue weighted by Crippen LogP contribution is 2.30. The van der Waals surface area contributed by atoms with E-state index < -0.39 is 0 Å². The zero-order valence-corrected chi connectivity index (χ0v) is 14.2. The van der Waals surface area contributed by atoms with E-state index in [2.05, 4.69) is 17.3 Å². The van der Waals surface area contributed by atoms with Gasteiger partial charge in [0.05, 0.1) is 5.69 Å². The fourth-order valence-corrected chi connectivity index (χ4v) is 2.99. The second-order valence-corrected chi connectivity index (χ2v) is 6.41. The van der Waals surface area contributed by atoms with Gasteiger partial charge in [-0.25, -0.2) is 0 Å². The molecular weight excluding hydrogens is 300 g/mol. The number of ether oxygens (including phenoxy) is 1. The van der Waals surface area contributed by atoms with Gasteiger partial charge in [0.2, 0.25) is 0 Å². The molecule has 0 bridgehead atoms. The molecule has 4 nitrogen and oxygen atoms in total. The van der Waals surface area contributed by atoms with Crippen molar-refractivity contribution in [3.05, 3.63) is 54.1 Å². The number of benzene rings is 2. The van der Waals surface area contributed by atoms with Crippen LogP contribution in [-0.4, -0.2) is 42.9 Å². The molecular formula is C20H26N2O2. The Morgan fingerprint density at radius 2 is 1.79 bits per heavy atom. The van der Waals surface area contributed by atoms with Crippen LogP contribution in [0.25, 0.3) is 0 Å². The average Bonchev–Trinajstić information content (AvgIpc) is 2.61. The molecule has 1 fully saturated rings. The van der Waals surface area contributed by atoms with Crippen LogP contribution in [0.15, 0.2) is 48.5 Å². The summed E-state index contributed by atoms with van der Waals surface area (Å²) in [5, 5.41) is 12.4. The predicted molar refractivity (Wildman–Crippen MR) is 98.1 cm³/mol. The Morgan fingerprint density at radius 1 is 1.08 bits per heavy atom. The smallest absolute Gasteiger partial charge is 0.143 e. The van der Waals surface area contributed by atoms with E-state index in [1.165, 1.54) is 0 Å². The molecule has 0 aromatic heterocycles. The first-order chi connectivity index (χ1) is 11.7. The number of aliphatic hydroxyl groups excluding tert-OH is 1. The number of nitrogens with zero attached hydrogens (tertiary/aromatic N) is 1. The molecule has 2 aromatic rings. The molecule has 1 heterocycles. The Bertz CT molecular complexity index is 634. The maximum absolute atomic E-state index is 9.00. The Morgan fingerprint density at radius 3 is 2.50 bits per heavy atom. The second kappa shape index (κ2) is 8.18. The van der Waals surface area contributed by atoms with E-state index in [0.717, 1.165) is 48.6 Å². The molecule has 2 aromatic carbocycles. The van der Waals surface area contributed by atoms with Crippen LogP contribution in [-0.2, 0) is 6.42 Å². The van der Waals surface area contributed by atoms with Crippen molar-refractivity contribution in [3.8, 4) is 5.75 Å². The van der Waals surface area contributed by atoms with E-state index in [-0.39, 0.29) is 12.7 Å². The van der Waals surface area contributed by atoms with Gasteiger partial charge in [-0.05, 0) is 56.1 Å². The maximum atomic E-state index is 9.00. The number of hydrogen-bond acceptors (Lipinski definition) is 4. The number of rotatable bonds is 6. The fourth-order valence-electron chi connectivity index (χ4n) is 2.99. The van der Waals surface area contributed by atoms with Gasteiger partial charge in [0.25, 0.3) is 0 Å². The number of likely N-dealkylation sites (tertiary alicyclic amines) is 1. The van der Waals surface area contributed by atoms with Crippen LogP contribution >= 0.6 is 0 Å². The Balaban J connectivity index is 1.67. The summed E-state index contributed by atoms with van der Waals surface area (Å²) in [4.78, 5) is 2.35. The molecule has 0 radical (unpaired) electrons.